The Morgan fingerprint density at radius 2 is 1.81 bits per heavy atom. The lowest BCUT2D eigenvalue weighted by Gasteiger charge is -2.36. The molecule has 8 heteroatoms. The van der Waals surface area contributed by atoms with Crippen LogP contribution in [-0.4, -0.2) is 51.8 Å². The Labute approximate surface area is 152 Å². The van der Waals surface area contributed by atoms with Crippen molar-refractivity contribution in [3.05, 3.63) is 41.7 Å². The van der Waals surface area contributed by atoms with Crippen LogP contribution < -0.4 is 10.6 Å². The number of nitrogens with zero attached hydrogens (tertiary/aromatic N) is 6. The van der Waals surface area contributed by atoms with Crippen molar-refractivity contribution in [3.8, 4) is 0 Å². The van der Waals surface area contributed by atoms with Gasteiger partial charge in [-0.2, -0.15) is 0 Å². The molecule has 3 heterocycles. The van der Waals surface area contributed by atoms with Crippen molar-refractivity contribution in [2.75, 3.05) is 31.1 Å². The predicted octanol–water partition coefficient (Wildman–Crippen LogP) is 1.39. The van der Waals surface area contributed by atoms with Gasteiger partial charge in [-0.15, -0.1) is 10.2 Å². The molecule has 0 aliphatic carbocycles. The van der Waals surface area contributed by atoms with Gasteiger partial charge in [-0.1, -0.05) is 0 Å². The molecule has 2 aliphatic rings. The summed E-state index contributed by atoms with van der Waals surface area (Å²) in [5.41, 5.74) is 7.23. The number of guanidine groups is 1. The molecule has 0 unspecified atom stereocenters. The minimum absolute atomic E-state index is 0.209. The molecule has 1 aromatic heterocycles. The van der Waals surface area contributed by atoms with Crippen LogP contribution >= 0.6 is 0 Å². The molecule has 1 aromatic carbocycles. The number of aliphatic imine (C=N–C) groups is 1. The van der Waals surface area contributed by atoms with E-state index in [0.717, 1.165) is 56.5 Å². The summed E-state index contributed by atoms with van der Waals surface area (Å²) < 4.78 is 15.2. The quantitative estimate of drug-likeness (QED) is 0.664. The number of nitrogens with two attached hydrogens (primary N) is 1. The SMILES string of the molecule is NC(=NCc1nnc2n1CCCC2)N1CCN(c2ccc(F)cc2)CC1. The van der Waals surface area contributed by atoms with Crippen LogP contribution in [0.25, 0.3) is 0 Å². The molecule has 138 valence electrons. The van der Waals surface area contributed by atoms with Crippen LogP contribution in [0.4, 0.5) is 10.1 Å². The third kappa shape index (κ3) is 3.49. The van der Waals surface area contributed by atoms with Gasteiger partial charge in [0.05, 0.1) is 0 Å². The normalized spacial score (nSPS) is 18.1. The largest absolute Gasteiger partial charge is 0.370 e. The molecule has 0 atom stereocenters. The Balaban J connectivity index is 1.34. The van der Waals surface area contributed by atoms with Crippen molar-refractivity contribution < 1.29 is 4.39 Å². The zero-order valence-electron chi connectivity index (χ0n) is 14.8. The first kappa shape index (κ1) is 16.8. The fourth-order valence-corrected chi connectivity index (χ4v) is 3.58. The molecular weight excluding hydrogens is 333 g/mol. The van der Waals surface area contributed by atoms with Gasteiger partial charge in [-0.05, 0) is 37.1 Å². The van der Waals surface area contributed by atoms with Crippen molar-refractivity contribution in [3.63, 3.8) is 0 Å². The van der Waals surface area contributed by atoms with Crippen molar-refractivity contribution in [1.82, 2.24) is 19.7 Å². The van der Waals surface area contributed by atoms with Gasteiger partial charge < -0.3 is 20.1 Å². The molecule has 26 heavy (non-hydrogen) atoms. The van der Waals surface area contributed by atoms with Gasteiger partial charge in [0.2, 0.25) is 0 Å². The molecule has 0 spiro atoms. The lowest BCUT2D eigenvalue weighted by Crippen LogP contribution is -2.51. The summed E-state index contributed by atoms with van der Waals surface area (Å²) in [7, 11) is 0. The first-order valence-corrected chi connectivity index (χ1v) is 9.17. The van der Waals surface area contributed by atoms with Crippen molar-refractivity contribution in [2.45, 2.75) is 32.4 Å². The monoisotopic (exact) mass is 357 g/mol. The standard InChI is InChI=1S/C18H24FN7/c19-14-4-6-15(7-5-14)24-9-11-25(12-10-24)18(20)21-13-17-23-22-16-3-1-2-8-26(16)17/h4-7H,1-3,8-13H2,(H2,20,21). The topological polar surface area (TPSA) is 75.6 Å². The van der Waals surface area contributed by atoms with E-state index in [4.69, 9.17) is 5.73 Å². The van der Waals surface area contributed by atoms with E-state index in [0.29, 0.717) is 12.5 Å². The number of hydrogen-bond donors (Lipinski definition) is 1. The summed E-state index contributed by atoms with van der Waals surface area (Å²) >= 11 is 0. The molecule has 1 fully saturated rings. The number of aromatic nitrogens is 3. The van der Waals surface area contributed by atoms with Crippen LogP contribution in [-0.2, 0) is 19.5 Å². The number of fused-ring (bicyclic) bond motifs is 1. The van der Waals surface area contributed by atoms with E-state index in [1.165, 1.54) is 25.0 Å². The predicted molar refractivity (Wildman–Crippen MR) is 98.5 cm³/mol. The Morgan fingerprint density at radius 3 is 2.58 bits per heavy atom. The van der Waals surface area contributed by atoms with E-state index in [1.807, 2.05) is 12.1 Å². The molecule has 0 amide bonds. The summed E-state index contributed by atoms with van der Waals surface area (Å²) in [6, 6.07) is 6.63. The van der Waals surface area contributed by atoms with Crippen LogP contribution in [0, 0.1) is 5.82 Å². The van der Waals surface area contributed by atoms with Crippen LogP contribution in [0.5, 0.6) is 0 Å². The minimum atomic E-state index is -0.209. The first-order valence-electron chi connectivity index (χ1n) is 9.17. The summed E-state index contributed by atoms with van der Waals surface area (Å²) in [4.78, 5) is 8.86. The summed E-state index contributed by atoms with van der Waals surface area (Å²) in [6.07, 6.45) is 3.35. The molecule has 7 nitrogen and oxygen atoms in total. The molecule has 0 bridgehead atoms. The third-order valence-corrected chi connectivity index (χ3v) is 5.11. The molecule has 4 rings (SSSR count). The van der Waals surface area contributed by atoms with Gasteiger partial charge >= 0.3 is 0 Å². The zero-order valence-corrected chi connectivity index (χ0v) is 14.8. The van der Waals surface area contributed by atoms with Crippen molar-refractivity contribution in [2.24, 2.45) is 10.7 Å². The maximum absolute atomic E-state index is 13.1. The maximum atomic E-state index is 13.1. The Morgan fingerprint density at radius 1 is 1.04 bits per heavy atom. The fraction of sp³-hybridized carbons (Fsp3) is 0.500. The Hall–Kier alpha value is -2.64. The van der Waals surface area contributed by atoms with Gasteiger partial charge in [-0.25, -0.2) is 9.38 Å². The van der Waals surface area contributed by atoms with Gasteiger partial charge in [0, 0.05) is 44.8 Å². The summed E-state index contributed by atoms with van der Waals surface area (Å²) in [5.74, 6) is 2.30. The molecule has 2 N–H and O–H groups in total. The third-order valence-electron chi connectivity index (χ3n) is 5.11. The highest BCUT2D eigenvalue weighted by Gasteiger charge is 2.19. The van der Waals surface area contributed by atoms with Crippen LogP contribution in [0.15, 0.2) is 29.3 Å². The second-order valence-electron chi connectivity index (χ2n) is 6.77. The van der Waals surface area contributed by atoms with Gasteiger partial charge in [0.15, 0.2) is 11.8 Å². The second-order valence-corrected chi connectivity index (χ2v) is 6.77. The number of piperazine rings is 1. The van der Waals surface area contributed by atoms with Gasteiger partial charge in [0.25, 0.3) is 0 Å². The van der Waals surface area contributed by atoms with Crippen molar-refractivity contribution in [1.29, 1.82) is 0 Å². The molecule has 1 saturated heterocycles. The average molecular weight is 357 g/mol. The van der Waals surface area contributed by atoms with E-state index >= 15 is 0 Å². The van der Waals surface area contributed by atoms with Crippen LogP contribution in [0.2, 0.25) is 0 Å². The number of benzene rings is 1. The van der Waals surface area contributed by atoms with E-state index in [-0.39, 0.29) is 5.82 Å². The van der Waals surface area contributed by atoms with Gasteiger partial charge in [-0.3, -0.25) is 0 Å². The second kappa shape index (κ2) is 7.31. The molecular formula is C18H24FN7. The summed E-state index contributed by atoms with van der Waals surface area (Å²) in [5, 5.41) is 8.52. The Bertz CT molecular complexity index is 775. The van der Waals surface area contributed by atoms with Crippen molar-refractivity contribution >= 4 is 11.6 Å². The zero-order chi connectivity index (χ0) is 17.9. The van der Waals surface area contributed by atoms with E-state index in [9.17, 15) is 4.39 Å². The average Bonchev–Trinajstić information content (AvgIpc) is 3.10. The number of anilines is 1. The molecule has 2 aromatic rings. The first-order chi connectivity index (χ1) is 12.7. The number of aryl methyl sites for hydroxylation is 1. The lowest BCUT2D eigenvalue weighted by molar-refractivity contribution is 0.380. The van der Waals surface area contributed by atoms with E-state index in [1.54, 1.807) is 0 Å². The highest BCUT2D eigenvalue weighted by molar-refractivity contribution is 5.78. The summed E-state index contributed by atoms with van der Waals surface area (Å²) in [6.45, 7) is 4.71. The molecule has 0 radical (unpaired) electrons. The van der Waals surface area contributed by atoms with Crippen LogP contribution in [0.3, 0.4) is 0 Å². The molecule has 0 saturated carbocycles. The smallest absolute Gasteiger partial charge is 0.191 e. The minimum Gasteiger partial charge on any atom is -0.370 e. The Kier molecular flexibility index (Phi) is 4.73. The highest BCUT2D eigenvalue weighted by Crippen LogP contribution is 2.17. The van der Waals surface area contributed by atoms with E-state index < -0.39 is 0 Å². The number of rotatable bonds is 3. The maximum Gasteiger partial charge on any atom is 0.191 e. The van der Waals surface area contributed by atoms with Crippen LogP contribution in [0.1, 0.15) is 24.5 Å². The highest BCUT2D eigenvalue weighted by atomic mass is 19.1. The van der Waals surface area contributed by atoms with Gasteiger partial charge in [0.1, 0.15) is 18.2 Å². The van der Waals surface area contributed by atoms with E-state index in [2.05, 4.69) is 29.6 Å². The number of halogens is 1. The lowest BCUT2D eigenvalue weighted by atomic mass is 10.2. The number of hydrogen-bond acceptors (Lipinski definition) is 4. The molecule has 2 aliphatic heterocycles. The fourth-order valence-electron chi connectivity index (χ4n) is 3.58.